The van der Waals surface area contributed by atoms with Gasteiger partial charge in [-0.2, -0.15) is 11.8 Å². The topological polar surface area (TPSA) is 54.9 Å². The number of halogens is 1. The fourth-order valence-electron chi connectivity index (χ4n) is 1.86. The van der Waals surface area contributed by atoms with E-state index in [1.54, 1.807) is 11.8 Å². The molecule has 0 saturated heterocycles. The first kappa shape index (κ1) is 15.4. The van der Waals surface area contributed by atoms with Gasteiger partial charge in [-0.15, -0.1) is 0 Å². The monoisotopic (exact) mass is 290 g/mol. The molecule has 0 bridgehead atoms. The van der Waals surface area contributed by atoms with Gasteiger partial charge in [0.05, 0.1) is 5.56 Å². The summed E-state index contributed by atoms with van der Waals surface area (Å²) in [5.41, 5.74) is -0.220. The maximum Gasteiger partial charge on any atom is 0.329 e. The summed E-state index contributed by atoms with van der Waals surface area (Å²) in [6, 6.07) is -0.122. The molecule has 1 rings (SSSR count). The Labute approximate surface area is 116 Å². The number of nitrogens with zero attached hydrogens (tertiary/aromatic N) is 1. The molecule has 18 heavy (non-hydrogen) atoms. The lowest BCUT2D eigenvalue weighted by Crippen LogP contribution is -2.39. The SMILES string of the molecule is CSCCC(C)n1c(=O)[nH]c(Cl)c(C(C)C)c1=O. The first-order valence-electron chi connectivity index (χ1n) is 5.93. The third-order valence-electron chi connectivity index (χ3n) is 2.88. The van der Waals surface area contributed by atoms with Crippen LogP contribution in [0.5, 0.6) is 0 Å². The molecular formula is C12H19ClN2O2S. The summed E-state index contributed by atoms with van der Waals surface area (Å²) in [5, 5.41) is 0.160. The summed E-state index contributed by atoms with van der Waals surface area (Å²) in [6.07, 6.45) is 2.78. The lowest BCUT2D eigenvalue weighted by atomic mass is 10.1. The second kappa shape index (κ2) is 6.48. The molecule has 0 amide bonds. The maximum atomic E-state index is 12.3. The Morgan fingerprint density at radius 3 is 2.44 bits per heavy atom. The molecule has 1 N–H and O–H groups in total. The third-order valence-corrected chi connectivity index (χ3v) is 3.82. The number of nitrogens with one attached hydrogen (secondary N) is 1. The van der Waals surface area contributed by atoms with E-state index in [1.807, 2.05) is 27.0 Å². The van der Waals surface area contributed by atoms with Gasteiger partial charge in [0.25, 0.3) is 5.56 Å². The van der Waals surface area contributed by atoms with Crippen molar-refractivity contribution in [2.75, 3.05) is 12.0 Å². The second-order valence-electron chi connectivity index (χ2n) is 4.62. The van der Waals surface area contributed by atoms with Crippen LogP contribution in [0.15, 0.2) is 9.59 Å². The minimum atomic E-state index is -0.428. The largest absolute Gasteiger partial charge is 0.329 e. The Hall–Kier alpha value is -0.680. The van der Waals surface area contributed by atoms with Gasteiger partial charge in [0.15, 0.2) is 0 Å². The molecule has 0 aromatic carbocycles. The Bertz CT molecular complexity index is 522. The van der Waals surface area contributed by atoms with E-state index in [1.165, 1.54) is 4.57 Å². The molecule has 0 aliphatic heterocycles. The molecule has 0 spiro atoms. The van der Waals surface area contributed by atoms with Crippen molar-refractivity contribution in [1.82, 2.24) is 9.55 Å². The molecule has 0 aliphatic rings. The fraction of sp³-hybridized carbons (Fsp3) is 0.667. The standard InChI is InChI=1S/C12H19ClN2O2S/c1-7(2)9-10(13)14-12(17)15(11(9)16)8(3)5-6-18-4/h7-8H,5-6H2,1-4H3,(H,14,17). The molecule has 0 aliphatic carbocycles. The van der Waals surface area contributed by atoms with Crippen LogP contribution < -0.4 is 11.2 Å². The summed E-state index contributed by atoms with van der Waals surface area (Å²) in [5.74, 6) is 0.896. The smallest absolute Gasteiger partial charge is 0.297 e. The molecule has 0 fully saturated rings. The van der Waals surface area contributed by atoms with Crippen LogP contribution >= 0.6 is 23.4 Å². The molecule has 0 saturated carbocycles. The van der Waals surface area contributed by atoms with Gasteiger partial charge in [-0.25, -0.2) is 4.79 Å². The summed E-state index contributed by atoms with van der Waals surface area (Å²) in [7, 11) is 0. The van der Waals surface area contributed by atoms with Gasteiger partial charge in [0.2, 0.25) is 0 Å². The normalized spacial score (nSPS) is 13.0. The molecule has 102 valence electrons. The molecular weight excluding hydrogens is 272 g/mol. The lowest BCUT2D eigenvalue weighted by Gasteiger charge is -2.16. The molecule has 1 heterocycles. The van der Waals surface area contributed by atoms with Crippen molar-refractivity contribution in [3.8, 4) is 0 Å². The van der Waals surface area contributed by atoms with E-state index < -0.39 is 5.69 Å². The van der Waals surface area contributed by atoms with Crippen molar-refractivity contribution in [1.29, 1.82) is 0 Å². The minimum Gasteiger partial charge on any atom is -0.297 e. The van der Waals surface area contributed by atoms with Crippen molar-refractivity contribution in [3.63, 3.8) is 0 Å². The van der Waals surface area contributed by atoms with E-state index in [9.17, 15) is 9.59 Å². The number of thioether (sulfide) groups is 1. The van der Waals surface area contributed by atoms with Crippen molar-refractivity contribution in [2.45, 2.75) is 39.2 Å². The van der Waals surface area contributed by atoms with Gasteiger partial charge in [-0.3, -0.25) is 14.3 Å². The average molecular weight is 291 g/mol. The van der Waals surface area contributed by atoms with Crippen LogP contribution in [-0.4, -0.2) is 21.6 Å². The number of rotatable bonds is 5. The summed E-state index contributed by atoms with van der Waals surface area (Å²) in [4.78, 5) is 26.7. The Balaban J connectivity index is 3.32. The highest BCUT2D eigenvalue weighted by Gasteiger charge is 2.18. The van der Waals surface area contributed by atoms with Crippen LogP contribution in [0, 0.1) is 0 Å². The van der Waals surface area contributed by atoms with Crippen LogP contribution in [0.1, 0.15) is 44.7 Å². The Morgan fingerprint density at radius 2 is 1.94 bits per heavy atom. The highest BCUT2D eigenvalue weighted by molar-refractivity contribution is 7.98. The number of H-pyrrole nitrogens is 1. The van der Waals surface area contributed by atoms with E-state index in [4.69, 9.17) is 11.6 Å². The zero-order chi connectivity index (χ0) is 13.9. The van der Waals surface area contributed by atoms with Gasteiger partial charge in [-0.1, -0.05) is 25.4 Å². The van der Waals surface area contributed by atoms with Crippen LogP contribution in [-0.2, 0) is 0 Å². The first-order chi connectivity index (χ1) is 8.40. The van der Waals surface area contributed by atoms with E-state index in [0.29, 0.717) is 5.56 Å². The van der Waals surface area contributed by atoms with Crippen molar-refractivity contribution < 1.29 is 0 Å². The summed E-state index contributed by atoms with van der Waals surface area (Å²) in [6.45, 7) is 5.65. The van der Waals surface area contributed by atoms with Crippen molar-refractivity contribution >= 4 is 23.4 Å². The van der Waals surface area contributed by atoms with Gasteiger partial charge in [0.1, 0.15) is 5.15 Å². The van der Waals surface area contributed by atoms with Gasteiger partial charge in [0, 0.05) is 6.04 Å². The lowest BCUT2D eigenvalue weighted by molar-refractivity contribution is 0.487. The zero-order valence-electron chi connectivity index (χ0n) is 11.1. The summed E-state index contributed by atoms with van der Waals surface area (Å²) >= 11 is 7.63. The molecule has 1 aromatic heterocycles. The highest BCUT2D eigenvalue weighted by atomic mass is 35.5. The van der Waals surface area contributed by atoms with Crippen molar-refractivity contribution in [3.05, 3.63) is 31.6 Å². The first-order valence-corrected chi connectivity index (χ1v) is 7.70. The third kappa shape index (κ3) is 3.20. The van der Waals surface area contributed by atoms with Crippen LogP contribution in [0.2, 0.25) is 5.15 Å². The van der Waals surface area contributed by atoms with Gasteiger partial charge < -0.3 is 0 Å². The molecule has 0 radical (unpaired) electrons. The highest BCUT2D eigenvalue weighted by Crippen LogP contribution is 2.18. The van der Waals surface area contributed by atoms with Gasteiger partial charge in [-0.05, 0) is 31.3 Å². The Kier molecular flexibility index (Phi) is 5.53. The molecule has 1 aromatic rings. The predicted molar refractivity (Wildman–Crippen MR) is 78.1 cm³/mol. The molecule has 4 nitrogen and oxygen atoms in total. The van der Waals surface area contributed by atoms with E-state index in [-0.39, 0.29) is 22.7 Å². The molecule has 1 atom stereocenters. The molecule has 1 unspecified atom stereocenters. The van der Waals surface area contributed by atoms with E-state index >= 15 is 0 Å². The minimum absolute atomic E-state index is 0.0131. The number of hydrogen-bond donors (Lipinski definition) is 1. The van der Waals surface area contributed by atoms with Crippen LogP contribution in [0.4, 0.5) is 0 Å². The predicted octanol–water partition coefficient (Wildman–Crippen LogP) is 2.63. The van der Waals surface area contributed by atoms with Crippen LogP contribution in [0.25, 0.3) is 0 Å². The zero-order valence-corrected chi connectivity index (χ0v) is 12.7. The number of aromatic nitrogens is 2. The van der Waals surface area contributed by atoms with Crippen LogP contribution in [0.3, 0.4) is 0 Å². The number of hydrogen-bond acceptors (Lipinski definition) is 3. The van der Waals surface area contributed by atoms with E-state index in [2.05, 4.69) is 4.98 Å². The summed E-state index contributed by atoms with van der Waals surface area (Å²) < 4.78 is 1.28. The second-order valence-corrected chi connectivity index (χ2v) is 5.98. The average Bonchev–Trinajstić information content (AvgIpc) is 2.24. The number of aromatic amines is 1. The van der Waals surface area contributed by atoms with Gasteiger partial charge >= 0.3 is 5.69 Å². The van der Waals surface area contributed by atoms with Crippen molar-refractivity contribution in [2.24, 2.45) is 0 Å². The van der Waals surface area contributed by atoms with E-state index in [0.717, 1.165) is 12.2 Å². The quantitative estimate of drug-likeness (QED) is 0.848. The molecule has 6 heteroatoms. The fourth-order valence-corrected chi connectivity index (χ4v) is 2.81. The maximum absolute atomic E-state index is 12.3. The Morgan fingerprint density at radius 1 is 1.33 bits per heavy atom.